The van der Waals surface area contributed by atoms with Gasteiger partial charge in [0.1, 0.15) is 18.5 Å². The molecule has 1 aromatic carbocycles. The lowest BCUT2D eigenvalue weighted by Gasteiger charge is -2.15. The summed E-state index contributed by atoms with van der Waals surface area (Å²) >= 11 is 0. The van der Waals surface area contributed by atoms with Crippen LogP contribution < -0.4 is 0 Å². The molecule has 1 rings (SSSR count). The molecule has 0 saturated heterocycles. The third-order valence-electron chi connectivity index (χ3n) is 2.22. The Bertz CT molecular complexity index is 453. The standard InChI is InChI=1S/C11H9F7O2/c12-8-2-1-6(3-7(8)11(16,17)18)9(19)4-20-5-10(13,14)15/h1-3,9,19H,4-5H2. The molecule has 1 N–H and O–H groups in total. The van der Waals surface area contributed by atoms with Crippen LogP contribution in [0.1, 0.15) is 17.2 Å². The first-order chi connectivity index (χ1) is 9.00. The topological polar surface area (TPSA) is 29.5 Å². The number of benzene rings is 1. The summed E-state index contributed by atoms with van der Waals surface area (Å²) in [6, 6.07) is 1.65. The fourth-order valence-corrected chi connectivity index (χ4v) is 1.35. The Labute approximate surface area is 108 Å². The zero-order valence-corrected chi connectivity index (χ0v) is 9.72. The second kappa shape index (κ2) is 5.96. The van der Waals surface area contributed by atoms with Gasteiger partial charge in [-0.2, -0.15) is 26.3 Å². The molecule has 1 atom stereocenters. The summed E-state index contributed by atoms with van der Waals surface area (Å²) in [5, 5.41) is 9.42. The molecule has 0 fully saturated rings. The van der Waals surface area contributed by atoms with Crippen LogP contribution in [0.15, 0.2) is 18.2 Å². The summed E-state index contributed by atoms with van der Waals surface area (Å²) < 4.78 is 89.6. The largest absolute Gasteiger partial charge is 0.419 e. The Morgan fingerprint density at radius 3 is 2.20 bits per heavy atom. The van der Waals surface area contributed by atoms with Crippen molar-refractivity contribution < 1.29 is 40.6 Å². The van der Waals surface area contributed by atoms with Crippen molar-refractivity contribution in [2.45, 2.75) is 18.5 Å². The molecule has 0 bridgehead atoms. The lowest BCUT2D eigenvalue weighted by molar-refractivity contribution is -0.179. The highest BCUT2D eigenvalue weighted by Crippen LogP contribution is 2.33. The smallest absolute Gasteiger partial charge is 0.386 e. The van der Waals surface area contributed by atoms with E-state index in [1.165, 1.54) is 0 Å². The minimum Gasteiger partial charge on any atom is -0.386 e. The first-order valence-corrected chi connectivity index (χ1v) is 5.20. The summed E-state index contributed by atoms with van der Waals surface area (Å²) in [4.78, 5) is 0. The molecule has 0 radical (unpaired) electrons. The van der Waals surface area contributed by atoms with Crippen molar-refractivity contribution in [3.05, 3.63) is 35.1 Å². The highest BCUT2D eigenvalue weighted by atomic mass is 19.4. The van der Waals surface area contributed by atoms with Crippen LogP contribution in [0.2, 0.25) is 0 Å². The molecule has 0 spiro atoms. The lowest BCUT2D eigenvalue weighted by atomic mass is 10.1. The number of halogens is 7. The minimum absolute atomic E-state index is 0.330. The van der Waals surface area contributed by atoms with E-state index in [0.29, 0.717) is 12.1 Å². The number of rotatable bonds is 4. The number of hydrogen-bond acceptors (Lipinski definition) is 2. The summed E-state index contributed by atoms with van der Waals surface area (Å²) in [6.07, 6.45) is -11.3. The van der Waals surface area contributed by atoms with Crippen LogP contribution in [0.3, 0.4) is 0 Å². The van der Waals surface area contributed by atoms with Crippen LogP contribution in [0.25, 0.3) is 0 Å². The van der Waals surface area contributed by atoms with Crippen molar-refractivity contribution in [2.75, 3.05) is 13.2 Å². The lowest BCUT2D eigenvalue weighted by Crippen LogP contribution is -2.20. The van der Waals surface area contributed by atoms with Gasteiger partial charge in [0.05, 0.1) is 12.2 Å². The molecular weight excluding hydrogens is 297 g/mol. The molecule has 0 aliphatic rings. The van der Waals surface area contributed by atoms with Gasteiger partial charge in [0.15, 0.2) is 0 Å². The summed E-state index contributed by atoms with van der Waals surface area (Å²) in [7, 11) is 0. The number of aliphatic hydroxyl groups excluding tert-OH is 1. The molecule has 0 aliphatic heterocycles. The Hall–Kier alpha value is -1.35. The average Bonchev–Trinajstić information content (AvgIpc) is 2.26. The molecule has 1 unspecified atom stereocenters. The highest BCUT2D eigenvalue weighted by Gasteiger charge is 2.34. The van der Waals surface area contributed by atoms with Crippen molar-refractivity contribution in [1.29, 1.82) is 0 Å². The molecule has 0 amide bonds. The van der Waals surface area contributed by atoms with E-state index >= 15 is 0 Å². The Kier molecular flexibility index (Phi) is 4.98. The maximum Gasteiger partial charge on any atom is 0.419 e. The third-order valence-corrected chi connectivity index (χ3v) is 2.22. The van der Waals surface area contributed by atoms with E-state index in [2.05, 4.69) is 4.74 Å². The molecule has 1 aromatic rings. The highest BCUT2D eigenvalue weighted by molar-refractivity contribution is 5.28. The molecule has 2 nitrogen and oxygen atoms in total. The van der Waals surface area contributed by atoms with E-state index in [0.717, 1.165) is 6.07 Å². The fraction of sp³-hybridized carbons (Fsp3) is 0.455. The van der Waals surface area contributed by atoms with Gasteiger partial charge in [-0.15, -0.1) is 0 Å². The predicted octanol–water partition coefficient (Wildman–Crippen LogP) is 3.46. The number of aliphatic hydroxyl groups is 1. The van der Waals surface area contributed by atoms with Crippen LogP contribution in [0, 0.1) is 5.82 Å². The molecule has 0 aliphatic carbocycles. The second-order valence-electron chi connectivity index (χ2n) is 3.88. The fourth-order valence-electron chi connectivity index (χ4n) is 1.35. The van der Waals surface area contributed by atoms with Gasteiger partial charge >= 0.3 is 12.4 Å². The zero-order valence-electron chi connectivity index (χ0n) is 9.72. The molecule has 0 saturated carbocycles. The molecule has 20 heavy (non-hydrogen) atoms. The van der Waals surface area contributed by atoms with Crippen molar-refractivity contribution in [3.63, 3.8) is 0 Å². The summed E-state index contributed by atoms with van der Waals surface area (Å²) in [5.41, 5.74) is -1.99. The molecule has 9 heteroatoms. The van der Waals surface area contributed by atoms with Gasteiger partial charge in [-0.05, 0) is 17.7 Å². The van der Waals surface area contributed by atoms with Crippen LogP contribution in [-0.2, 0) is 10.9 Å². The average molecular weight is 306 g/mol. The SMILES string of the molecule is OC(COCC(F)(F)F)c1ccc(F)c(C(F)(F)F)c1. The molecule has 0 heterocycles. The molecular formula is C11H9F7O2. The van der Waals surface area contributed by atoms with E-state index in [1.807, 2.05) is 0 Å². The Morgan fingerprint density at radius 1 is 1.10 bits per heavy atom. The maximum atomic E-state index is 13.0. The van der Waals surface area contributed by atoms with E-state index in [4.69, 9.17) is 0 Å². The normalized spacial score (nSPS) is 14.4. The predicted molar refractivity (Wildman–Crippen MR) is 53.2 cm³/mol. The van der Waals surface area contributed by atoms with Crippen LogP contribution in [0.4, 0.5) is 30.7 Å². The van der Waals surface area contributed by atoms with Crippen LogP contribution in [-0.4, -0.2) is 24.5 Å². The van der Waals surface area contributed by atoms with Gasteiger partial charge in [-0.3, -0.25) is 0 Å². The summed E-state index contributed by atoms with van der Waals surface area (Å²) in [6.45, 7) is -2.50. The van der Waals surface area contributed by atoms with Gasteiger partial charge in [0.25, 0.3) is 0 Å². The third kappa shape index (κ3) is 4.97. The van der Waals surface area contributed by atoms with Crippen molar-refractivity contribution in [3.8, 4) is 0 Å². The van der Waals surface area contributed by atoms with Crippen molar-refractivity contribution in [1.82, 2.24) is 0 Å². The van der Waals surface area contributed by atoms with Gasteiger partial charge < -0.3 is 9.84 Å². The van der Waals surface area contributed by atoms with Crippen molar-refractivity contribution in [2.24, 2.45) is 0 Å². The number of alkyl halides is 6. The van der Waals surface area contributed by atoms with E-state index in [-0.39, 0.29) is 5.56 Å². The van der Waals surface area contributed by atoms with Gasteiger partial charge in [-0.1, -0.05) is 6.07 Å². The second-order valence-corrected chi connectivity index (χ2v) is 3.88. The first-order valence-electron chi connectivity index (χ1n) is 5.20. The van der Waals surface area contributed by atoms with Crippen LogP contribution in [0.5, 0.6) is 0 Å². The maximum absolute atomic E-state index is 13.0. The van der Waals surface area contributed by atoms with E-state index < -0.39 is 43.1 Å². The van der Waals surface area contributed by atoms with Gasteiger partial charge in [0.2, 0.25) is 0 Å². The van der Waals surface area contributed by atoms with E-state index in [9.17, 15) is 35.8 Å². The van der Waals surface area contributed by atoms with E-state index in [1.54, 1.807) is 0 Å². The zero-order chi connectivity index (χ0) is 15.6. The quantitative estimate of drug-likeness (QED) is 0.863. The van der Waals surface area contributed by atoms with Crippen LogP contribution >= 0.6 is 0 Å². The molecule has 0 aromatic heterocycles. The molecule has 114 valence electrons. The Balaban J connectivity index is 2.77. The van der Waals surface area contributed by atoms with Crippen molar-refractivity contribution >= 4 is 0 Å². The van der Waals surface area contributed by atoms with Gasteiger partial charge in [0, 0.05) is 0 Å². The monoisotopic (exact) mass is 306 g/mol. The number of ether oxygens (including phenoxy) is 1. The number of hydrogen-bond donors (Lipinski definition) is 1. The summed E-state index contributed by atoms with van der Waals surface area (Å²) in [5.74, 6) is -1.54. The first kappa shape index (κ1) is 16.7. The minimum atomic E-state index is -4.97. The van der Waals surface area contributed by atoms with Gasteiger partial charge in [-0.25, -0.2) is 4.39 Å². The Morgan fingerprint density at radius 2 is 1.70 bits per heavy atom.